The van der Waals surface area contributed by atoms with Gasteiger partial charge in [0, 0.05) is 93.5 Å². The largest absolute Gasteiger partial charge is 0.497 e. The molecule has 0 saturated carbocycles. The number of piperidine rings is 2. The number of halogens is 1. The number of piperazine rings is 1. The molecule has 0 spiro atoms. The fourth-order valence-corrected chi connectivity index (χ4v) is 9.56. The molecule has 5 heterocycles. The first kappa shape index (κ1) is 36.2. The van der Waals surface area contributed by atoms with Crippen molar-refractivity contribution in [3.05, 3.63) is 119 Å². The van der Waals surface area contributed by atoms with Crippen LogP contribution in [0, 0.1) is 11.7 Å². The van der Waals surface area contributed by atoms with Crippen LogP contribution in [0.5, 0.6) is 11.5 Å². The standard InChI is InChI=1S/C45H48FN5O5/c1-55-34-9-11-36-41(25-34)56-28-37(30-5-3-2-4-6-30)43(36)31-7-12-39(38(46)24-31)50-17-15-29(16-18-50)26-48-19-21-49(22-20-48)33-8-10-35-32(23-33)27-51(45(35)54)40-13-14-42(52)47-44(40)53/h2-12,23-25,29,37,40,43H,13-22,26-28H2,1H3,(H,47,52,53)/t37-,40+,43-/m1/s1. The smallest absolute Gasteiger partial charge is 0.255 e. The molecular formula is C45H48FN5O5. The first-order valence-corrected chi connectivity index (χ1v) is 20.0. The number of carbonyl (C=O) groups excluding carboxylic acids is 3. The highest BCUT2D eigenvalue weighted by molar-refractivity contribution is 6.05. The summed E-state index contributed by atoms with van der Waals surface area (Å²) in [5, 5.41) is 2.38. The van der Waals surface area contributed by atoms with Crippen LogP contribution in [-0.4, -0.2) is 93.1 Å². The molecule has 0 aromatic heterocycles. The van der Waals surface area contributed by atoms with Crippen molar-refractivity contribution in [1.82, 2.24) is 15.1 Å². The summed E-state index contributed by atoms with van der Waals surface area (Å²) in [6.45, 7) is 7.31. The SMILES string of the molecule is COc1ccc2c(c1)OC[C@H](c1ccccc1)[C@@H]2c1ccc(N2CCC(CN3CCN(c4ccc5c(c4)CN([C@H]4CCC(=O)NC4=O)C5=O)CC3)CC2)c(F)c1. The van der Waals surface area contributed by atoms with Gasteiger partial charge in [-0.1, -0.05) is 42.5 Å². The van der Waals surface area contributed by atoms with E-state index >= 15 is 4.39 Å². The van der Waals surface area contributed by atoms with E-state index in [0.29, 0.717) is 36.7 Å². The number of nitrogens with one attached hydrogen (secondary N) is 1. The highest BCUT2D eigenvalue weighted by Crippen LogP contribution is 2.47. The molecule has 3 amide bonds. The summed E-state index contributed by atoms with van der Waals surface area (Å²) < 4.78 is 27.9. The Bertz CT molecular complexity index is 2130. The van der Waals surface area contributed by atoms with E-state index in [9.17, 15) is 14.4 Å². The molecule has 0 unspecified atom stereocenters. The van der Waals surface area contributed by atoms with Gasteiger partial charge in [0.25, 0.3) is 5.91 Å². The molecule has 0 aliphatic carbocycles. The minimum absolute atomic E-state index is 0.0518. The van der Waals surface area contributed by atoms with Gasteiger partial charge in [-0.15, -0.1) is 0 Å². The van der Waals surface area contributed by atoms with E-state index in [2.05, 4.69) is 50.3 Å². The van der Waals surface area contributed by atoms with E-state index in [4.69, 9.17) is 9.47 Å². The summed E-state index contributed by atoms with van der Waals surface area (Å²) >= 11 is 0. The van der Waals surface area contributed by atoms with Gasteiger partial charge in [-0.3, -0.25) is 24.6 Å². The zero-order valence-electron chi connectivity index (χ0n) is 31.8. The zero-order chi connectivity index (χ0) is 38.3. The van der Waals surface area contributed by atoms with Crippen LogP contribution in [0.3, 0.4) is 0 Å². The third-order valence-electron chi connectivity index (χ3n) is 12.7. The Morgan fingerprint density at radius 3 is 2.38 bits per heavy atom. The number of imide groups is 1. The summed E-state index contributed by atoms with van der Waals surface area (Å²) in [6.07, 6.45) is 2.66. The first-order valence-electron chi connectivity index (χ1n) is 20.0. The lowest BCUT2D eigenvalue weighted by atomic mass is 9.76. The van der Waals surface area contributed by atoms with E-state index in [-0.39, 0.29) is 41.8 Å². The average molecular weight is 758 g/mol. The topological polar surface area (TPSA) is 94.7 Å². The Kier molecular flexibility index (Phi) is 9.87. The number of carbonyl (C=O) groups is 3. The van der Waals surface area contributed by atoms with Gasteiger partial charge in [0.2, 0.25) is 11.8 Å². The summed E-state index contributed by atoms with van der Waals surface area (Å²) in [6, 6.07) is 27.5. The molecule has 4 aromatic carbocycles. The van der Waals surface area contributed by atoms with Gasteiger partial charge in [-0.25, -0.2) is 4.39 Å². The van der Waals surface area contributed by atoms with Gasteiger partial charge >= 0.3 is 0 Å². The molecule has 290 valence electrons. The van der Waals surface area contributed by atoms with Crippen LogP contribution < -0.4 is 24.6 Å². The van der Waals surface area contributed by atoms with Crippen LogP contribution >= 0.6 is 0 Å². The number of benzene rings is 4. The Morgan fingerprint density at radius 2 is 1.62 bits per heavy atom. The third-order valence-corrected chi connectivity index (χ3v) is 12.7. The summed E-state index contributed by atoms with van der Waals surface area (Å²) in [5.41, 5.74) is 6.52. The van der Waals surface area contributed by atoms with Crippen molar-refractivity contribution in [2.75, 3.05) is 69.3 Å². The molecule has 56 heavy (non-hydrogen) atoms. The van der Waals surface area contributed by atoms with E-state index in [0.717, 1.165) is 92.5 Å². The summed E-state index contributed by atoms with van der Waals surface area (Å²) in [5.74, 6) is 1.11. The minimum atomic E-state index is -0.606. The predicted molar refractivity (Wildman–Crippen MR) is 212 cm³/mol. The van der Waals surface area contributed by atoms with Gasteiger partial charge in [0.05, 0.1) is 19.4 Å². The van der Waals surface area contributed by atoms with Crippen molar-refractivity contribution in [3.8, 4) is 11.5 Å². The molecular weight excluding hydrogens is 710 g/mol. The van der Waals surface area contributed by atoms with E-state index in [1.54, 1.807) is 18.1 Å². The second kappa shape index (κ2) is 15.3. The number of hydrogen-bond acceptors (Lipinski definition) is 8. The number of fused-ring (bicyclic) bond motifs is 2. The van der Waals surface area contributed by atoms with Crippen LogP contribution in [0.15, 0.2) is 84.9 Å². The highest BCUT2D eigenvalue weighted by Gasteiger charge is 2.40. The quantitative estimate of drug-likeness (QED) is 0.221. The van der Waals surface area contributed by atoms with Gasteiger partial charge in [0.1, 0.15) is 23.4 Å². The highest BCUT2D eigenvalue weighted by atomic mass is 19.1. The van der Waals surface area contributed by atoms with Crippen molar-refractivity contribution < 1.29 is 28.2 Å². The molecule has 3 fully saturated rings. The van der Waals surface area contributed by atoms with Gasteiger partial charge in [-0.2, -0.15) is 0 Å². The van der Waals surface area contributed by atoms with Gasteiger partial charge in [-0.05, 0) is 78.3 Å². The number of hydrogen-bond donors (Lipinski definition) is 1. The second-order valence-electron chi connectivity index (χ2n) is 15.9. The Balaban J connectivity index is 0.798. The zero-order valence-corrected chi connectivity index (χ0v) is 31.8. The summed E-state index contributed by atoms with van der Waals surface area (Å²) in [7, 11) is 1.65. The van der Waals surface area contributed by atoms with Crippen molar-refractivity contribution in [2.24, 2.45) is 5.92 Å². The van der Waals surface area contributed by atoms with Crippen LogP contribution in [0.1, 0.15) is 70.1 Å². The first-order chi connectivity index (χ1) is 27.3. The lowest BCUT2D eigenvalue weighted by molar-refractivity contribution is -0.136. The maximum atomic E-state index is 16.1. The molecule has 5 aliphatic rings. The normalized spacial score (nSPS) is 23.1. The molecule has 0 radical (unpaired) electrons. The van der Waals surface area contributed by atoms with E-state index in [1.807, 2.05) is 48.5 Å². The Labute approximate surface area is 327 Å². The average Bonchev–Trinajstić information content (AvgIpc) is 3.55. The fraction of sp³-hybridized carbons (Fsp3) is 0.400. The van der Waals surface area contributed by atoms with Crippen LogP contribution in [-0.2, 0) is 16.1 Å². The van der Waals surface area contributed by atoms with Gasteiger partial charge in [0.15, 0.2) is 0 Å². The van der Waals surface area contributed by atoms with Crippen molar-refractivity contribution in [1.29, 1.82) is 0 Å². The Morgan fingerprint density at radius 1 is 0.821 bits per heavy atom. The number of ether oxygens (including phenoxy) is 2. The molecule has 10 nitrogen and oxygen atoms in total. The molecule has 1 N–H and O–H groups in total. The number of nitrogens with zero attached hydrogens (tertiary/aromatic N) is 4. The van der Waals surface area contributed by atoms with Crippen molar-refractivity contribution in [3.63, 3.8) is 0 Å². The Hall–Kier alpha value is -5.42. The number of amides is 3. The lowest BCUT2D eigenvalue weighted by Crippen LogP contribution is -2.52. The van der Waals surface area contributed by atoms with Crippen molar-refractivity contribution >= 4 is 29.1 Å². The van der Waals surface area contributed by atoms with Gasteiger partial charge < -0.3 is 24.2 Å². The monoisotopic (exact) mass is 757 g/mol. The number of rotatable bonds is 8. The second-order valence-corrected chi connectivity index (χ2v) is 15.9. The van der Waals surface area contributed by atoms with Crippen molar-refractivity contribution in [2.45, 2.75) is 50.1 Å². The maximum Gasteiger partial charge on any atom is 0.255 e. The number of anilines is 2. The number of methoxy groups -OCH3 is 1. The molecule has 3 saturated heterocycles. The van der Waals surface area contributed by atoms with Crippen LogP contribution in [0.2, 0.25) is 0 Å². The maximum absolute atomic E-state index is 16.1. The summed E-state index contributed by atoms with van der Waals surface area (Å²) in [4.78, 5) is 46.0. The molecule has 4 aromatic rings. The predicted octanol–water partition coefficient (Wildman–Crippen LogP) is 5.94. The molecule has 11 heteroatoms. The third kappa shape index (κ3) is 6.97. The molecule has 9 rings (SSSR count). The van der Waals surface area contributed by atoms with E-state index < -0.39 is 6.04 Å². The molecule has 0 bridgehead atoms. The van der Waals surface area contributed by atoms with Crippen LogP contribution in [0.4, 0.5) is 15.8 Å². The van der Waals surface area contributed by atoms with E-state index in [1.165, 1.54) is 5.56 Å². The molecule has 5 aliphatic heterocycles. The minimum Gasteiger partial charge on any atom is -0.497 e. The lowest BCUT2D eigenvalue weighted by Gasteiger charge is -2.40. The van der Waals surface area contributed by atoms with Crippen LogP contribution in [0.25, 0.3) is 0 Å². The fourth-order valence-electron chi connectivity index (χ4n) is 9.56. The molecule has 3 atom stereocenters.